The normalized spacial score (nSPS) is 10.2. The monoisotopic (exact) mass is 323 g/mol. The van der Waals surface area contributed by atoms with Crippen LogP contribution in [0.2, 0.25) is 0 Å². The number of pyridine rings is 1. The van der Waals surface area contributed by atoms with Gasteiger partial charge in [0, 0.05) is 24.6 Å². The van der Waals surface area contributed by atoms with Crippen molar-refractivity contribution in [3.8, 4) is 0 Å². The summed E-state index contributed by atoms with van der Waals surface area (Å²) in [5.74, 6) is -0.257. The van der Waals surface area contributed by atoms with Crippen LogP contribution in [0.1, 0.15) is 16.1 Å². The summed E-state index contributed by atoms with van der Waals surface area (Å²) in [6.45, 7) is 0.359. The fraction of sp³-hybridized carbons (Fsp3) is 0.0588. The van der Waals surface area contributed by atoms with E-state index in [0.717, 1.165) is 5.56 Å². The molecule has 0 bridgehead atoms. The average Bonchev–Trinajstić information content (AvgIpc) is 2.61. The Morgan fingerprint density at radius 2 is 2.00 bits per heavy atom. The number of hydrogen-bond acceptors (Lipinski definition) is 5. The minimum absolute atomic E-state index is 0.198. The molecule has 0 aliphatic heterocycles. The molecular formula is C17H14FN5O. The number of benzene rings is 1. The van der Waals surface area contributed by atoms with Crippen molar-refractivity contribution in [1.82, 2.24) is 20.3 Å². The first kappa shape index (κ1) is 15.5. The molecule has 120 valence electrons. The molecular weight excluding hydrogens is 309 g/mol. The molecule has 0 aliphatic rings. The largest absolute Gasteiger partial charge is 0.347 e. The van der Waals surface area contributed by atoms with Crippen LogP contribution in [0.4, 0.5) is 15.9 Å². The maximum absolute atomic E-state index is 13.1. The van der Waals surface area contributed by atoms with Crippen molar-refractivity contribution >= 4 is 17.4 Å². The first-order valence-electron chi connectivity index (χ1n) is 7.22. The number of rotatable bonds is 5. The molecule has 0 radical (unpaired) electrons. The molecule has 1 amide bonds. The summed E-state index contributed by atoms with van der Waals surface area (Å²) in [7, 11) is 0. The molecule has 0 saturated carbocycles. The van der Waals surface area contributed by atoms with Crippen LogP contribution >= 0.6 is 0 Å². The molecule has 3 aromatic rings. The highest BCUT2D eigenvalue weighted by Crippen LogP contribution is 2.14. The second kappa shape index (κ2) is 7.28. The van der Waals surface area contributed by atoms with E-state index in [-0.39, 0.29) is 17.4 Å². The smallest absolute Gasteiger partial charge is 0.271 e. The molecule has 2 heterocycles. The van der Waals surface area contributed by atoms with Crippen molar-refractivity contribution in [2.45, 2.75) is 6.54 Å². The van der Waals surface area contributed by atoms with Crippen LogP contribution in [0, 0.1) is 5.82 Å². The molecule has 6 nitrogen and oxygen atoms in total. The Kier molecular flexibility index (Phi) is 4.71. The van der Waals surface area contributed by atoms with Gasteiger partial charge in [0.15, 0.2) is 0 Å². The van der Waals surface area contributed by atoms with Gasteiger partial charge in [-0.05, 0) is 29.8 Å². The van der Waals surface area contributed by atoms with Gasteiger partial charge < -0.3 is 10.6 Å². The number of halogens is 1. The molecule has 0 aliphatic carbocycles. The van der Waals surface area contributed by atoms with Crippen molar-refractivity contribution in [3.63, 3.8) is 0 Å². The van der Waals surface area contributed by atoms with Crippen molar-refractivity contribution < 1.29 is 9.18 Å². The topological polar surface area (TPSA) is 79.8 Å². The molecule has 0 saturated heterocycles. The van der Waals surface area contributed by atoms with Crippen molar-refractivity contribution in [1.29, 1.82) is 0 Å². The summed E-state index contributed by atoms with van der Waals surface area (Å²) in [5.41, 5.74) is 1.64. The third-order valence-electron chi connectivity index (χ3n) is 3.16. The molecule has 0 fully saturated rings. The van der Waals surface area contributed by atoms with E-state index in [0.29, 0.717) is 18.1 Å². The Labute approximate surface area is 137 Å². The molecule has 0 atom stereocenters. The van der Waals surface area contributed by atoms with Gasteiger partial charge in [0.25, 0.3) is 5.91 Å². The lowest BCUT2D eigenvalue weighted by Gasteiger charge is -2.07. The van der Waals surface area contributed by atoms with Crippen LogP contribution in [-0.4, -0.2) is 20.9 Å². The van der Waals surface area contributed by atoms with Crippen LogP contribution in [0.15, 0.2) is 61.2 Å². The number of hydrogen-bond donors (Lipinski definition) is 2. The summed E-state index contributed by atoms with van der Waals surface area (Å²) in [5, 5.41) is 5.66. The minimum Gasteiger partial charge on any atom is -0.347 e. The molecule has 7 heteroatoms. The van der Waals surface area contributed by atoms with Crippen molar-refractivity contribution in [2.75, 3.05) is 5.32 Å². The fourth-order valence-corrected chi connectivity index (χ4v) is 2.00. The number of aromatic nitrogens is 3. The van der Waals surface area contributed by atoms with Crippen LogP contribution in [0.3, 0.4) is 0 Å². The van der Waals surface area contributed by atoms with Gasteiger partial charge in [0.2, 0.25) is 0 Å². The number of anilines is 2. The lowest BCUT2D eigenvalue weighted by Crippen LogP contribution is -2.24. The Hall–Kier alpha value is -3.35. The number of carbonyl (C=O) groups is 1. The van der Waals surface area contributed by atoms with E-state index in [4.69, 9.17) is 0 Å². The lowest BCUT2D eigenvalue weighted by atomic mass is 10.3. The Bertz CT molecular complexity index is 824. The average molecular weight is 323 g/mol. The Balaban J connectivity index is 1.60. The summed E-state index contributed by atoms with van der Waals surface area (Å²) in [4.78, 5) is 24.2. The zero-order valence-corrected chi connectivity index (χ0v) is 12.6. The van der Waals surface area contributed by atoms with Gasteiger partial charge in [-0.1, -0.05) is 12.1 Å². The highest BCUT2D eigenvalue weighted by atomic mass is 19.1. The third-order valence-corrected chi connectivity index (χ3v) is 3.16. The van der Waals surface area contributed by atoms with E-state index in [1.54, 1.807) is 30.6 Å². The van der Waals surface area contributed by atoms with Crippen LogP contribution in [0.25, 0.3) is 0 Å². The van der Waals surface area contributed by atoms with Crippen molar-refractivity contribution in [3.05, 3.63) is 78.3 Å². The number of nitrogens with zero attached hydrogens (tertiary/aromatic N) is 3. The van der Waals surface area contributed by atoms with Gasteiger partial charge in [0.1, 0.15) is 17.3 Å². The maximum Gasteiger partial charge on any atom is 0.271 e. The summed E-state index contributed by atoms with van der Waals surface area (Å²) in [6.07, 6.45) is 6.13. The van der Waals surface area contributed by atoms with E-state index in [1.165, 1.54) is 24.5 Å². The van der Waals surface area contributed by atoms with E-state index in [9.17, 15) is 9.18 Å². The molecule has 1 aromatic carbocycles. The van der Waals surface area contributed by atoms with Crippen LogP contribution in [0.5, 0.6) is 0 Å². The molecule has 0 unspecified atom stereocenters. The summed E-state index contributed by atoms with van der Waals surface area (Å²) in [6, 6.07) is 9.66. The zero-order chi connectivity index (χ0) is 16.8. The molecule has 2 aromatic heterocycles. The maximum atomic E-state index is 13.1. The molecule has 0 spiro atoms. The highest BCUT2D eigenvalue weighted by molar-refractivity contribution is 5.92. The quantitative estimate of drug-likeness (QED) is 0.754. The van der Waals surface area contributed by atoms with Gasteiger partial charge in [-0.3, -0.25) is 9.78 Å². The van der Waals surface area contributed by atoms with E-state index >= 15 is 0 Å². The highest BCUT2D eigenvalue weighted by Gasteiger charge is 2.08. The van der Waals surface area contributed by atoms with Gasteiger partial charge >= 0.3 is 0 Å². The van der Waals surface area contributed by atoms with Crippen LogP contribution < -0.4 is 10.6 Å². The number of carbonyl (C=O) groups excluding carboxylic acids is 1. The predicted octanol–water partition coefficient (Wildman–Crippen LogP) is 2.68. The predicted molar refractivity (Wildman–Crippen MR) is 87.1 cm³/mol. The number of nitrogens with one attached hydrogen (secondary N) is 2. The van der Waals surface area contributed by atoms with Gasteiger partial charge in [-0.2, -0.15) is 0 Å². The first-order chi connectivity index (χ1) is 11.7. The fourth-order valence-electron chi connectivity index (χ4n) is 2.00. The Morgan fingerprint density at radius 1 is 1.08 bits per heavy atom. The van der Waals surface area contributed by atoms with E-state index < -0.39 is 0 Å². The summed E-state index contributed by atoms with van der Waals surface area (Å²) >= 11 is 0. The standard InChI is InChI=1S/C17H14FN5O/c18-13-4-1-5-14(7-13)23-16-11-20-15(10-21-16)17(24)22-9-12-3-2-6-19-8-12/h1-8,10-11H,9H2,(H,21,23)(H,22,24). The van der Waals surface area contributed by atoms with Gasteiger partial charge in [-0.15, -0.1) is 0 Å². The molecule has 24 heavy (non-hydrogen) atoms. The van der Waals surface area contributed by atoms with Crippen LogP contribution in [-0.2, 0) is 6.54 Å². The molecule has 2 N–H and O–H groups in total. The lowest BCUT2D eigenvalue weighted by molar-refractivity contribution is 0.0945. The second-order valence-corrected chi connectivity index (χ2v) is 4.97. The number of amides is 1. The summed E-state index contributed by atoms with van der Waals surface area (Å²) < 4.78 is 13.1. The SMILES string of the molecule is O=C(NCc1cccnc1)c1cnc(Nc2cccc(F)c2)cn1. The second-order valence-electron chi connectivity index (χ2n) is 4.97. The Morgan fingerprint density at radius 3 is 2.71 bits per heavy atom. The van der Waals surface area contributed by atoms with Gasteiger partial charge in [0.05, 0.1) is 12.4 Å². The van der Waals surface area contributed by atoms with Crippen molar-refractivity contribution in [2.24, 2.45) is 0 Å². The third kappa shape index (κ3) is 4.10. The van der Waals surface area contributed by atoms with E-state index in [1.807, 2.05) is 6.07 Å². The minimum atomic E-state index is -0.348. The van der Waals surface area contributed by atoms with Gasteiger partial charge in [-0.25, -0.2) is 14.4 Å². The van der Waals surface area contributed by atoms with E-state index in [2.05, 4.69) is 25.6 Å². The molecule has 3 rings (SSSR count). The first-order valence-corrected chi connectivity index (χ1v) is 7.22. The zero-order valence-electron chi connectivity index (χ0n) is 12.6.